The van der Waals surface area contributed by atoms with Crippen LogP contribution >= 0.6 is 0 Å². The summed E-state index contributed by atoms with van der Waals surface area (Å²) >= 11 is 0. The van der Waals surface area contributed by atoms with E-state index in [2.05, 4.69) is 26.6 Å². The highest BCUT2D eigenvalue weighted by atomic mass is 19.4. The first-order valence-electron chi connectivity index (χ1n) is 13.9. The molecule has 3 N–H and O–H groups in total. The maximum absolute atomic E-state index is 13.8. The molecule has 230 valence electrons. The number of para-hydroxylation sites is 1. The molecule has 1 aliphatic heterocycles. The van der Waals surface area contributed by atoms with Crippen LogP contribution in [-0.4, -0.2) is 65.5 Å². The Morgan fingerprint density at radius 3 is 2.53 bits per heavy atom. The predicted octanol–water partition coefficient (Wildman–Crippen LogP) is 4.01. The molecule has 10 nitrogen and oxygen atoms in total. The number of nitrogens with one attached hydrogen (secondary N) is 2. The van der Waals surface area contributed by atoms with E-state index < -0.39 is 12.1 Å². The number of carbonyl (C=O) groups is 2. The fraction of sp³-hybridized carbons (Fsp3) is 0.400. The maximum Gasteiger partial charge on any atom is 0.490 e. The van der Waals surface area contributed by atoms with Gasteiger partial charge in [-0.2, -0.15) is 13.2 Å². The second-order valence-electron chi connectivity index (χ2n) is 10.3. The van der Waals surface area contributed by atoms with Crippen LogP contribution in [0.25, 0.3) is 5.69 Å². The van der Waals surface area contributed by atoms with Crippen molar-refractivity contribution in [2.45, 2.75) is 50.9 Å². The molecule has 1 aromatic heterocycles. The number of carboxylic acids is 1. The molecule has 0 spiro atoms. The van der Waals surface area contributed by atoms with Gasteiger partial charge in [0.05, 0.1) is 11.7 Å². The summed E-state index contributed by atoms with van der Waals surface area (Å²) in [7, 11) is 1.90. The molecule has 0 radical (unpaired) electrons. The summed E-state index contributed by atoms with van der Waals surface area (Å²) in [5.41, 5.74) is 3.04. The third kappa shape index (κ3) is 7.92. The Balaban J connectivity index is 0.000000541. The van der Waals surface area contributed by atoms with Crippen molar-refractivity contribution in [3.05, 3.63) is 81.9 Å². The number of ether oxygens (including phenoxy) is 1. The highest BCUT2D eigenvalue weighted by Crippen LogP contribution is 2.38. The molecule has 1 saturated carbocycles. The van der Waals surface area contributed by atoms with Crippen LogP contribution in [0.2, 0.25) is 0 Å². The summed E-state index contributed by atoms with van der Waals surface area (Å²) < 4.78 is 39.4. The lowest BCUT2D eigenvalue weighted by molar-refractivity contribution is -0.192. The molecule has 43 heavy (non-hydrogen) atoms. The van der Waals surface area contributed by atoms with Gasteiger partial charge < -0.3 is 25.4 Å². The minimum absolute atomic E-state index is 0.00332. The lowest BCUT2D eigenvalue weighted by atomic mass is 10.0. The highest BCUT2D eigenvalue weighted by molar-refractivity contribution is 5.95. The Hall–Kier alpha value is -4.39. The minimum atomic E-state index is -5.08. The molecule has 0 bridgehead atoms. The van der Waals surface area contributed by atoms with Gasteiger partial charge in [-0.1, -0.05) is 24.3 Å². The highest BCUT2D eigenvalue weighted by Gasteiger charge is 2.38. The van der Waals surface area contributed by atoms with Gasteiger partial charge >= 0.3 is 12.1 Å². The number of anilines is 1. The quantitative estimate of drug-likeness (QED) is 0.315. The number of alkyl halides is 3. The van der Waals surface area contributed by atoms with E-state index in [1.54, 1.807) is 23.0 Å². The third-order valence-electron chi connectivity index (χ3n) is 7.12. The number of carbonyl (C=O) groups excluding carboxylic acids is 1. The van der Waals surface area contributed by atoms with Gasteiger partial charge in [0.2, 0.25) is 0 Å². The first-order valence-corrected chi connectivity index (χ1v) is 13.9. The normalized spacial score (nSPS) is 16.3. The molecular formula is C30H34F3N5O5. The van der Waals surface area contributed by atoms with Crippen molar-refractivity contribution in [1.82, 2.24) is 20.2 Å². The van der Waals surface area contributed by atoms with Crippen LogP contribution in [0.3, 0.4) is 0 Å². The van der Waals surface area contributed by atoms with E-state index in [1.165, 1.54) is 0 Å². The summed E-state index contributed by atoms with van der Waals surface area (Å²) in [5.74, 6) is -1.61. The molecule has 2 aromatic carbocycles. The topological polar surface area (TPSA) is 126 Å². The van der Waals surface area contributed by atoms with E-state index in [1.807, 2.05) is 44.3 Å². The van der Waals surface area contributed by atoms with Gasteiger partial charge in [-0.15, -0.1) is 0 Å². The molecule has 13 heteroatoms. The monoisotopic (exact) mass is 601 g/mol. The molecule has 2 heterocycles. The minimum Gasteiger partial charge on any atom is -0.492 e. The van der Waals surface area contributed by atoms with Crippen molar-refractivity contribution in [2.75, 3.05) is 31.6 Å². The van der Waals surface area contributed by atoms with Gasteiger partial charge in [0.1, 0.15) is 12.4 Å². The van der Waals surface area contributed by atoms with Gasteiger partial charge in [0.15, 0.2) is 5.82 Å². The number of hydrogen-bond donors (Lipinski definition) is 3. The number of carboxylic acid groups (broad SMARTS) is 1. The van der Waals surface area contributed by atoms with E-state index >= 15 is 0 Å². The molecular weight excluding hydrogens is 567 g/mol. The average molecular weight is 602 g/mol. The van der Waals surface area contributed by atoms with Crippen LogP contribution < -0.4 is 25.8 Å². The summed E-state index contributed by atoms with van der Waals surface area (Å²) in [6.45, 7) is 4.01. The van der Waals surface area contributed by atoms with Crippen molar-refractivity contribution >= 4 is 17.7 Å². The predicted molar refractivity (Wildman–Crippen MR) is 154 cm³/mol. The smallest absolute Gasteiger partial charge is 0.490 e. The fourth-order valence-corrected chi connectivity index (χ4v) is 4.79. The Kier molecular flexibility index (Phi) is 10.1. The molecule has 2 fully saturated rings. The molecule has 1 atom stereocenters. The fourth-order valence-electron chi connectivity index (χ4n) is 4.79. The second-order valence-corrected chi connectivity index (χ2v) is 10.3. The Bertz CT molecular complexity index is 1510. The summed E-state index contributed by atoms with van der Waals surface area (Å²) in [6, 6.07) is 13.8. The number of hydrogen-bond acceptors (Lipinski definition) is 7. The molecule has 1 aliphatic carbocycles. The van der Waals surface area contributed by atoms with E-state index in [0.717, 1.165) is 55.6 Å². The zero-order chi connectivity index (χ0) is 31.1. The first-order chi connectivity index (χ1) is 20.5. The van der Waals surface area contributed by atoms with Crippen molar-refractivity contribution < 1.29 is 32.6 Å². The summed E-state index contributed by atoms with van der Waals surface area (Å²) in [4.78, 5) is 41.9. The van der Waals surface area contributed by atoms with Crippen LogP contribution in [0.4, 0.5) is 19.0 Å². The molecule has 3 aromatic rings. The molecule has 1 unspecified atom stereocenters. The van der Waals surface area contributed by atoms with Crippen LogP contribution in [0, 0.1) is 6.92 Å². The van der Waals surface area contributed by atoms with Gasteiger partial charge in [-0.3, -0.25) is 14.2 Å². The molecule has 2 aliphatic rings. The summed E-state index contributed by atoms with van der Waals surface area (Å²) in [5, 5.41) is 13.3. The van der Waals surface area contributed by atoms with Crippen molar-refractivity contribution in [3.8, 4) is 11.4 Å². The lowest BCUT2D eigenvalue weighted by Gasteiger charge is -2.27. The van der Waals surface area contributed by atoms with E-state index in [-0.39, 0.29) is 23.6 Å². The molecule has 5 rings (SSSR count). The van der Waals surface area contributed by atoms with Gasteiger partial charge in [0, 0.05) is 42.7 Å². The number of likely N-dealkylation sites (N-methyl/N-ethyl adjacent to an activating group) is 1. The van der Waals surface area contributed by atoms with E-state index in [4.69, 9.17) is 14.6 Å². The van der Waals surface area contributed by atoms with Crippen LogP contribution in [0.5, 0.6) is 5.75 Å². The number of benzene rings is 2. The zero-order valence-electron chi connectivity index (χ0n) is 23.9. The summed E-state index contributed by atoms with van der Waals surface area (Å²) in [6.07, 6.45) is 2.19. The third-order valence-corrected chi connectivity index (χ3v) is 7.12. The van der Waals surface area contributed by atoms with E-state index in [9.17, 15) is 22.8 Å². The van der Waals surface area contributed by atoms with Crippen molar-refractivity contribution in [3.63, 3.8) is 0 Å². The number of aromatic nitrogens is 2. The number of aliphatic carboxylic acids is 1. The van der Waals surface area contributed by atoms with Crippen LogP contribution in [0.1, 0.15) is 53.2 Å². The number of rotatable bonds is 9. The molecule has 1 amide bonds. The van der Waals surface area contributed by atoms with Crippen molar-refractivity contribution in [1.29, 1.82) is 0 Å². The average Bonchev–Trinajstić information content (AvgIpc) is 3.66. The van der Waals surface area contributed by atoms with Crippen LogP contribution in [-0.2, 0) is 4.79 Å². The second kappa shape index (κ2) is 13.7. The first kappa shape index (κ1) is 31.5. The Morgan fingerprint density at radius 2 is 1.86 bits per heavy atom. The van der Waals surface area contributed by atoms with E-state index in [0.29, 0.717) is 23.7 Å². The molecule has 1 saturated heterocycles. The van der Waals surface area contributed by atoms with Gasteiger partial charge in [-0.05, 0) is 63.4 Å². The van der Waals surface area contributed by atoms with Gasteiger partial charge in [-0.25, -0.2) is 9.78 Å². The standard InChI is InChI=1S/C28H33N5O3.C2HF3O2/c1-19-9-10-20(27(34)31-21-11-12-21)18-24(19)33-16-13-30-26(28(33)35)32-15-5-7-23(32)22-6-3-4-8-25(22)36-17-14-29-2;3-2(4,5)1(6)7/h3-4,6,8-10,13,16,18,21,23,29H,5,7,11-12,14-15,17H2,1-2H3,(H,31,34);(H,6,7). The Morgan fingerprint density at radius 1 is 1.14 bits per heavy atom. The number of aryl methyl sites for hydroxylation is 1. The number of halogens is 3. The number of amides is 1. The Labute approximate surface area is 246 Å². The number of nitrogens with zero attached hydrogens (tertiary/aromatic N) is 3. The zero-order valence-corrected chi connectivity index (χ0v) is 23.9. The SMILES string of the molecule is CNCCOc1ccccc1C1CCCN1c1nccn(-c2cc(C(=O)NC3CC3)ccc2C)c1=O.O=C(O)C(F)(F)F. The largest absolute Gasteiger partial charge is 0.492 e. The lowest BCUT2D eigenvalue weighted by Crippen LogP contribution is -2.33. The van der Waals surface area contributed by atoms with Crippen molar-refractivity contribution in [2.24, 2.45) is 0 Å². The van der Waals surface area contributed by atoms with Gasteiger partial charge in [0.25, 0.3) is 11.5 Å². The van der Waals surface area contributed by atoms with Crippen LogP contribution in [0.15, 0.2) is 59.7 Å². The maximum atomic E-state index is 13.8.